The van der Waals surface area contributed by atoms with Crippen molar-refractivity contribution in [2.24, 2.45) is 0 Å². The smallest absolute Gasteiger partial charge is 0.312 e. The fourth-order valence-electron chi connectivity index (χ4n) is 2.03. The Morgan fingerprint density at radius 1 is 1.29 bits per heavy atom. The molecule has 5 nitrogen and oxygen atoms in total. The number of carbonyl (C=O) groups is 1. The summed E-state index contributed by atoms with van der Waals surface area (Å²) in [7, 11) is 0. The third-order valence-corrected chi connectivity index (χ3v) is 3.27. The van der Waals surface area contributed by atoms with Crippen molar-refractivity contribution in [3.8, 4) is 11.5 Å². The minimum absolute atomic E-state index is 0.107. The van der Waals surface area contributed by atoms with Crippen molar-refractivity contribution in [3.63, 3.8) is 0 Å². The van der Waals surface area contributed by atoms with Gasteiger partial charge in [-0.1, -0.05) is 23.7 Å². The van der Waals surface area contributed by atoms with E-state index in [1.807, 2.05) is 0 Å². The Kier molecular flexibility index (Phi) is 4.23. The van der Waals surface area contributed by atoms with Crippen LogP contribution in [-0.2, 0) is 0 Å². The molecule has 0 radical (unpaired) electrons. The second kappa shape index (κ2) is 5.93. The Balaban J connectivity index is 2.57. The van der Waals surface area contributed by atoms with Crippen LogP contribution in [0.3, 0.4) is 0 Å². The lowest BCUT2D eigenvalue weighted by Crippen LogP contribution is -1.99. The van der Waals surface area contributed by atoms with Crippen LogP contribution >= 0.6 is 11.6 Å². The summed E-state index contributed by atoms with van der Waals surface area (Å²) < 4.78 is 5.60. The van der Waals surface area contributed by atoms with Crippen LogP contribution in [0.25, 0.3) is 0 Å². The minimum Gasteiger partial charge on any atom is -0.449 e. The van der Waals surface area contributed by atoms with Crippen molar-refractivity contribution in [1.29, 1.82) is 0 Å². The van der Waals surface area contributed by atoms with Crippen LogP contribution in [0.1, 0.15) is 21.5 Å². The summed E-state index contributed by atoms with van der Waals surface area (Å²) in [5.74, 6) is 0.295. The number of hydrogen-bond donors (Lipinski definition) is 0. The zero-order valence-corrected chi connectivity index (χ0v) is 12.2. The number of aryl methyl sites for hydroxylation is 2. The van der Waals surface area contributed by atoms with Crippen LogP contribution in [0.5, 0.6) is 11.5 Å². The van der Waals surface area contributed by atoms with Gasteiger partial charge in [-0.2, -0.15) is 0 Å². The lowest BCUT2D eigenvalue weighted by Gasteiger charge is -2.12. The van der Waals surface area contributed by atoms with Gasteiger partial charge >= 0.3 is 5.69 Å². The molecule has 0 unspecified atom stereocenters. The quantitative estimate of drug-likeness (QED) is 0.475. The SMILES string of the molecule is Cc1cc(C)c(Oc2cccc(Cl)c2C=O)c([N+](=O)[O-])c1. The standard InChI is InChI=1S/C15H12ClNO4/c1-9-6-10(2)15(13(7-9)17(19)20)21-14-5-3-4-12(16)11(14)8-18/h3-8H,1-2H3. The summed E-state index contributed by atoms with van der Waals surface area (Å²) in [6.45, 7) is 3.47. The van der Waals surface area contributed by atoms with Gasteiger partial charge in [0, 0.05) is 6.07 Å². The molecule has 2 aromatic rings. The second-order valence-corrected chi connectivity index (χ2v) is 4.97. The van der Waals surface area contributed by atoms with Crippen molar-refractivity contribution >= 4 is 23.6 Å². The highest BCUT2D eigenvalue weighted by Gasteiger charge is 2.20. The molecule has 0 aromatic heterocycles. The van der Waals surface area contributed by atoms with Crippen LogP contribution in [0.2, 0.25) is 5.02 Å². The Morgan fingerprint density at radius 3 is 2.62 bits per heavy atom. The van der Waals surface area contributed by atoms with Crippen LogP contribution in [-0.4, -0.2) is 11.2 Å². The molecular weight excluding hydrogens is 294 g/mol. The van der Waals surface area contributed by atoms with E-state index in [0.717, 1.165) is 5.56 Å². The molecule has 108 valence electrons. The molecule has 0 saturated heterocycles. The molecule has 0 aliphatic carbocycles. The monoisotopic (exact) mass is 305 g/mol. The highest BCUT2D eigenvalue weighted by Crippen LogP contribution is 2.37. The van der Waals surface area contributed by atoms with Gasteiger partial charge in [-0.3, -0.25) is 14.9 Å². The Bertz CT molecular complexity index is 728. The molecule has 2 aromatic carbocycles. The summed E-state index contributed by atoms with van der Waals surface area (Å²) in [6, 6.07) is 7.90. The van der Waals surface area contributed by atoms with Gasteiger partial charge in [0.05, 0.1) is 15.5 Å². The van der Waals surface area contributed by atoms with Crippen molar-refractivity contribution in [1.82, 2.24) is 0 Å². The summed E-state index contributed by atoms with van der Waals surface area (Å²) in [5.41, 5.74) is 1.38. The maximum absolute atomic E-state index is 11.2. The number of benzene rings is 2. The number of carbonyl (C=O) groups excluding carboxylic acids is 1. The number of nitro benzene ring substituents is 1. The summed E-state index contributed by atoms with van der Waals surface area (Å²) in [6.07, 6.45) is 0.563. The molecule has 2 rings (SSSR count). The number of aldehydes is 1. The number of nitrogens with zero attached hydrogens (tertiary/aromatic N) is 1. The third-order valence-electron chi connectivity index (χ3n) is 2.94. The minimum atomic E-state index is -0.513. The molecule has 6 heteroatoms. The third kappa shape index (κ3) is 3.03. The molecule has 0 amide bonds. The number of halogens is 1. The highest BCUT2D eigenvalue weighted by molar-refractivity contribution is 6.33. The van der Waals surface area contributed by atoms with E-state index in [9.17, 15) is 14.9 Å². The van der Waals surface area contributed by atoms with Gasteiger partial charge in [-0.25, -0.2) is 0 Å². The van der Waals surface area contributed by atoms with Gasteiger partial charge in [-0.05, 0) is 37.1 Å². The maximum Gasteiger partial charge on any atom is 0.312 e. The van der Waals surface area contributed by atoms with E-state index in [-0.39, 0.29) is 27.8 Å². The van der Waals surface area contributed by atoms with Crippen LogP contribution in [0.4, 0.5) is 5.69 Å². The first kappa shape index (κ1) is 15.0. The molecule has 0 N–H and O–H groups in total. The number of rotatable bonds is 4. The number of nitro groups is 1. The molecule has 0 bridgehead atoms. The van der Waals surface area contributed by atoms with E-state index in [4.69, 9.17) is 16.3 Å². The number of ether oxygens (including phenoxy) is 1. The maximum atomic E-state index is 11.2. The molecule has 0 atom stereocenters. The van der Waals surface area contributed by atoms with E-state index in [2.05, 4.69) is 0 Å². The van der Waals surface area contributed by atoms with E-state index >= 15 is 0 Å². The second-order valence-electron chi connectivity index (χ2n) is 4.56. The predicted octanol–water partition coefficient (Wildman–Crippen LogP) is 4.47. The van der Waals surface area contributed by atoms with Gasteiger partial charge in [0.2, 0.25) is 5.75 Å². The topological polar surface area (TPSA) is 69.4 Å². The van der Waals surface area contributed by atoms with Crippen LogP contribution in [0.15, 0.2) is 30.3 Å². The van der Waals surface area contributed by atoms with E-state index < -0.39 is 4.92 Å². The average molecular weight is 306 g/mol. The van der Waals surface area contributed by atoms with Crippen molar-refractivity contribution in [2.75, 3.05) is 0 Å². The number of hydrogen-bond acceptors (Lipinski definition) is 4. The van der Waals surface area contributed by atoms with Gasteiger partial charge in [-0.15, -0.1) is 0 Å². The summed E-state index contributed by atoms with van der Waals surface area (Å²) in [4.78, 5) is 21.8. The van der Waals surface area contributed by atoms with E-state index in [1.54, 1.807) is 38.1 Å². The lowest BCUT2D eigenvalue weighted by molar-refractivity contribution is -0.385. The Hall–Kier alpha value is -2.40. The first-order valence-electron chi connectivity index (χ1n) is 6.11. The summed E-state index contributed by atoms with van der Waals surface area (Å²) in [5, 5.41) is 11.4. The molecule has 0 aliphatic heterocycles. The zero-order chi connectivity index (χ0) is 15.6. The first-order chi connectivity index (χ1) is 9.93. The zero-order valence-electron chi connectivity index (χ0n) is 11.4. The van der Waals surface area contributed by atoms with Gasteiger partial charge < -0.3 is 4.74 Å². The average Bonchev–Trinajstić information content (AvgIpc) is 2.41. The fraction of sp³-hybridized carbons (Fsp3) is 0.133. The van der Waals surface area contributed by atoms with E-state index in [1.165, 1.54) is 6.07 Å². The van der Waals surface area contributed by atoms with Crippen molar-refractivity contribution in [3.05, 3.63) is 62.2 Å². The van der Waals surface area contributed by atoms with Crippen molar-refractivity contribution < 1.29 is 14.5 Å². The van der Waals surface area contributed by atoms with Gasteiger partial charge in [0.25, 0.3) is 0 Å². The molecule has 0 aliphatic rings. The van der Waals surface area contributed by atoms with E-state index in [0.29, 0.717) is 11.8 Å². The molecule has 0 saturated carbocycles. The highest BCUT2D eigenvalue weighted by atomic mass is 35.5. The van der Waals surface area contributed by atoms with Crippen LogP contribution < -0.4 is 4.74 Å². The Morgan fingerprint density at radius 2 is 2.00 bits per heavy atom. The van der Waals surface area contributed by atoms with Gasteiger partial charge in [0.15, 0.2) is 6.29 Å². The molecule has 0 spiro atoms. The largest absolute Gasteiger partial charge is 0.449 e. The molecular formula is C15H12ClNO4. The van der Waals surface area contributed by atoms with Crippen molar-refractivity contribution in [2.45, 2.75) is 13.8 Å². The Labute approximate surface area is 126 Å². The molecule has 0 heterocycles. The lowest BCUT2D eigenvalue weighted by atomic mass is 10.1. The molecule has 0 fully saturated rings. The first-order valence-corrected chi connectivity index (χ1v) is 6.49. The normalized spacial score (nSPS) is 10.2. The van der Waals surface area contributed by atoms with Gasteiger partial charge in [0.1, 0.15) is 5.75 Å². The summed E-state index contributed by atoms with van der Waals surface area (Å²) >= 11 is 5.92. The van der Waals surface area contributed by atoms with Crippen LogP contribution in [0, 0.1) is 24.0 Å². The predicted molar refractivity (Wildman–Crippen MR) is 79.5 cm³/mol. The molecule has 21 heavy (non-hydrogen) atoms. The fourth-order valence-corrected chi connectivity index (χ4v) is 2.24.